The number of imidazole rings is 1. The van der Waals surface area contributed by atoms with Crippen molar-refractivity contribution in [1.29, 1.82) is 0 Å². The average molecular weight is 460 g/mol. The molecule has 1 aromatic carbocycles. The van der Waals surface area contributed by atoms with Crippen LogP contribution < -0.4 is 15.3 Å². The molecular formula is C21H29N6O4P. The highest BCUT2D eigenvalue weighted by molar-refractivity contribution is 7.50. The van der Waals surface area contributed by atoms with Gasteiger partial charge in [-0.05, 0) is 39.8 Å². The lowest BCUT2D eigenvalue weighted by molar-refractivity contribution is -0.153. The zero-order chi connectivity index (χ0) is 23.1. The van der Waals surface area contributed by atoms with Crippen LogP contribution in [0.4, 0.5) is 5.82 Å². The van der Waals surface area contributed by atoms with E-state index in [4.69, 9.17) is 19.7 Å². The normalized spacial score (nSPS) is 12.8. The van der Waals surface area contributed by atoms with Gasteiger partial charge in [-0.2, -0.15) is 0 Å². The number of nitrogens with zero attached hydrogens (tertiary/aromatic N) is 4. The molecule has 11 heteroatoms. The Morgan fingerprint density at radius 2 is 1.97 bits per heavy atom. The number of anilines is 1. The Morgan fingerprint density at radius 3 is 2.69 bits per heavy atom. The Bertz CT molecular complexity index is 1030. The van der Waals surface area contributed by atoms with Crippen LogP contribution in [0.25, 0.3) is 11.2 Å². The van der Waals surface area contributed by atoms with Gasteiger partial charge >= 0.3 is 5.97 Å². The van der Waals surface area contributed by atoms with Gasteiger partial charge in [0.2, 0.25) is 0 Å². The molecule has 0 spiro atoms. The molecule has 0 fully saturated rings. The summed E-state index contributed by atoms with van der Waals surface area (Å²) in [6.07, 6.45) is 3.13. The number of rotatable bonds is 11. The van der Waals surface area contributed by atoms with Gasteiger partial charge in [0, 0.05) is 6.54 Å². The van der Waals surface area contributed by atoms with Gasteiger partial charge in [-0.1, -0.05) is 18.2 Å². The Kier molecular flexibility index (Phi) is 7.95. The van der Waals surface area contributed by atoms with Crippen molar-refractivity contribution in [2.24, 2.45) is 0 Å². The van der Waals surface area contributed by atoms with E-state index in [2.05, 4.69) is 20.0 Å². The number of benzene rings is 1. The van der Waals surface area contributed by atoms with E-state index in [9.17, 15) is 4.79 Å². The summed E-state index contributed by atoms with van der Waals surface area (Å²) in [5.41, 5.74) is 6.11. The fourth-order valence-corrected chi connectivity index (χ4v) is 4.33. The van der Waals surface area contributed by atoms with Crippen LogP contribution in [0.15, 0.2) is 43.0 Å². The number of carbonyl (C=O) groups is 1. The highest BCUT2D eigenvalue weighted by Crippen LogP contribution is 2.37. The smallest absolute Gasteiger partial charge is 0.326 e. The highest BCUT2D eigenvalue weighted by atomic mass is 31.2. The molecule has 172 valence electrons. The molecule has 3 rings (SSSR count). The first-order valence-electron chi connectivity index (χ1n) is 10.2. The van der Waals surface area contributed by atoms with Crippen LogP contribution in [0.1, 0.15) is 27.7 Å². The third-order valence-electron chi connectivity index (χ3n) is 4.33. The number of hydrogen-bond acceptors (Lipinski definition) is 9. The van der Waals surface area contributed by atoms with E-state index in [0.717, 1.165) is 0 Å². The van der Waals surface area contributed by atoms with Crippen LogP contribution in [0.3, 0.4) is 0 Å². The van der Waals surface area contributed by atoms with Crippen LogP contribution in [-0.2, 0) is 20.8 Å². The summed E-state index contributed by atoms with van der Waals surface area (Å²) in [5.74, 6) is 0.684. The van der Waals surface area contributed by atoms with Gasteiger partial charge in [-0.3, -0.25) is 4.79 Å². The first-order valence-corrected chi connectivity index (χ1v) is 11.7. The molecule has 0 aliphatic rings. The molecule has 0 saturated carbocycles. The minimum absolute atomic E-state index is 0.205. The van der Waals surface area contributed by atoms with Crippen molar-refractivity contribution in [3.8, 4) is 5.75 Å². The molecule has 0 aliphatic heterocycles. The lowest BCUT2D eigenvalue weighted by Crippen LogP contribution is -2.46. The number of hydrogen-bond donors (Lipinski definition) is 2. The average Bonchev–Trinajstić information content (AvgIpc) is 3.15. The van der Waals surface area contributed by atoms with E-state index in [0.29, 0.717) is 35.9 Å². The third-order valence-corrected chi connectivity index (χ3v) is 5.99. The summed E-state index contributed by atoms with van der Waals surface area (Å²) in [7, 11) is -1.33. The molecule has 1 unspecified atom stereocenters. The van der Waals surface area contributed by atoms with E-state index in [1.54, 1.807) is 20.2 Å². The maximum Gasteiger partial charge on any atom is 0.326 e. The minimum Gasteiger partial charge on any atom is -0.462 e. The number of ether oxygens (including phenoxy) is 2. The highest BCUT2D eigenvalue weighted by Gasteiger charge is 2.34. The minimum atomic E-state index is -1.33. The lowest BCUT2D eigenvalue weighted by atomic mass is 10.1. The van der Waals surface area contributed by atoms with Gasteiger partial charge in [0.1, 0.15) is 29.5 Å². The zero-order valence-electron chi connectivity index (χ0n) is 18.7. The maximum absolute atomic E-state index is 12.5. The molecule has 2 aromatic heterocycles. The second-order valence-electron chi connectivity index (χ2n) is 7.88. The number of carbonyl (C=O) groups excluding carboxylic acids is 1. The Labute approximate surface area is 188 Å². The van der Waals surface area contributed by atoms with Crippen molar-refractivity contribution in [2.45, 2.75) is 45.9 Å². The first kappa shape index (κ1) is 23.8. The molecule has 0 saturated heterocycles. The summed E-state index contributed by atoms with van der Waals surface area (Å²) in [4.78, 5) is 24.9. The number of esters is 1. The van der Waals surface area contributed by atoms with Crippen LogP contribution in [0, 0.1) is 0 Å². The molecule has 1 atom stereocenters. The van der Waals surface area contributed by atoms with Crippen LogP contribution in [0.2, 0.25) is 0 Å². The summed E-state index contributed by atoms with van der Waals surface area (Å²) < 4.78 is 19.2. The van der Waals surface area contributed by atoms with Crippen molar-refractivity contribution in [3.05, 3.63) is 43.0 Å². The summed E-state index contributed by atoms with van der Waals surface area (Å²) in [6.45, 7) is 8.09. The van der Waals surface area contributed by atoms with Crippen molar-refractivity contribution in [3.63, 3.8) is 0 Å². The molecule has 3 N–H and O–H groups in total. The molecule has 3 aromatic rings. The van der Waals surface area contributed by atoms with Gasteiger partial charge in [0.05, 0.1) is 19.0 Å². The van der Waals surface area contributed by atoms with Crippen LogP contribution in [-0.4, -0.2) is 50.1 Å². The Hall–Kier alpha value is -2.81. The van der Waals surface area contributed by atoms with Crippen molar-refractivity contribution < 1.29 is 18.8 Å². The molecule has 0 bridgehead atoms. The molecule has 10 nitrogen and oxygen atoms in total. The van der Waals surface area contributed by atoms with E-state index < -0.39 is 13.8 Å². The van der Waals surface area contributed by atoms with Crippen LogP contribution in [0.5, 0.6) is 5.75 Å². The summed E-state index contributed by atoms with van der Waals surface area (Å²) >= 11 is 0. The molecule has 2 heterocycles. The SMILES string of the molecule is CC(C)OC(=O)C(C)(C)NP(COCCn1cnc2c(N)ncnc21)Oc1ccccc1. The number of fused-ring (bicyclic) bond motifs is 1. The number of nitrogens with two attached hydrogens (primary N) is 1. The van der Waals surface area contributed by atoms with E-state index in [1.165, 1.54) is 6.33 Å². The summed E-state index contributed by atoms with van der Waals surface area (Å²) in [5, 5.41) is 3.26. The third kappa shape index (κ3) is 6.35. The van der Waals surface area contributed by atoms with E-state index in [1.807, 2.05) is 48.7 Å². The molecular weight excluding hydrogens is 431 g/mol. The predicted octanol–water partition coefficient (Wildman–Crippen LogP) is 3.09. The topological polar surface area (TPSA) is 126 Å². The fourth-order valence-electron chi connectivity index (χ4n) is 2.78. The number of aromatic nitrogens is 4. The standard InChI is InChI=1S/C21H29N6O4P/c1-15(2)30-20(28)21(3,4)26-32(31-16-8-6-5-7-9-16)14-29-11-10-27-13-25-17-18(22)23-12-24-19(17)27/h5-9,12-13,15,26H,10-11,14H2,1-4H3,(H2,22,23,24). The molecule has 0 amide bonds. The van der Waals surface area contributed by atoms with Gasteiger partial charge in [0.15, 0.2) is 19.8 Å². The Morgan fingerprint density at radius 1 is 1.22 bits per heavy atom. The molecule has 0 radical (unpaired) electrons. The van der Waals surface area contributed by atoms with Crippen LogP contribution >= 0.6 is 8.30 Å². The van der Waals surface area contributed by atoms with Crippen molar-refractivity contribution >= 4 is 31.3 Å². The second kappa shape index (κ2) is 10.7. The number of nitrogens with one attached hydrogen (secondary N) is 1. The van der Waals surface area contributed by atoms with Gasteiger partial charge < -0.3 is 24.3 Å². The lowest BCUT2D eigenvalue weighted by Gasteiger charge is -2.30. The Balaban J connectivity index is 1.61. The van der Waals surface area contributed by atoms with E-state index in [-0.39, 0.29) is 18.4 Å². The van der Waals surface area contributed by atoms with Gasteiger partial charge in [-0.15, -0.1) is 0 Å². The fraction of sp³-hybridized carbons (Fsp3) is 0.429. The van der Waals surface area contributed by atoms with Crippen molar-refractivity contribution in [1.82, 2.24) is 24.6 Å². The van der Waals surface area contributed by atoms with E-state index >= 15 is 0 Å². The quantitative estimate of drug-likeness (QED) is 0.252. The largest absolute Gasteiger partial charge is 0.462 e. The maximum atomic E-state index is 12.5. The molecule has 32 heavy (non-hydrogen) atoms. The number of nitrogen functional groups attached to an aromatic ring is 1. The first-order chi connectivity index (χ1) is 15.3. The monoisotopic (exact) mass is 460 g/mol. The molecule has 0 aliphatic carbocycles. The van der Waals surface area contributed by atoms with Crippen molar-refractivity contribution in [2.75, 3.05) is 18.7 Å². The zero-order valence-corrected chi connectivity index (χ0v) is 19.6. The predicted molar refractivity (Wildman–Crippen MR) is 123 cm³/mol. The number of para-hydroxylation sites is 1. The summed E-state index contributed by atoms with van der Waals surface area (Å²) in [6, 6.07) is 9.41. The van der Waals surface area contributed by atoms with Gasteiger partial charge in [0.25, 0.3) is 0 Å². The second-order valence-corrected chi connectivity index (χ2v) is 9.30. The van der Waals surface area contributed by atoms with Gasteiger partial charge in [-0.25, -0.2) is 20.0 Å².